The van der Waals surface area contributed by atoms with E-state index in [9.17, 15) is 0 Å². The Morgan fingerprint density at radius 1 is 1.35 bits per heavy atom. The number of halogens is 1. The molecule has 0 aliphatic carbocycles. The average Bonchev–Trinajstić information content (AvgIpc) is 3.06. The van der Waals surface area contributed by atoms with Crippen molar-refractivity contribution in [3.05, 3.63) is 57.3 Å². The highest BCUT2D eigenvalue weighted by Crippen LogP contribution is 2.22. The zero-order valence-electron chi connectivity index (χ0n) is 12.7. The lowest BCUT2D eigenvalue weighted by atomic mass is 10.3. The Balaban J connectivity index is 2.01. The van der Waals surface area contributed by atoms with Crippen LogP contribution in [0.2, 0.25) is 5.15 Å². The van der Waals surface area contributed by atoms with Gasteiger partial charge in [0.1, 0.15) is 5.15 Å². The van der Waals surface area contributed by atoms with Gasteiger partial charge in [-0.2, -0.15) is 20.0 Å². The van der Waals surface area contributed by atoms with Crippen molar-refractivity contribution < 1.29 is 0 Å². The van der Waals surface area contributed by atoms with E-state index in [1.807, 2.05) is 44.2 Å². The van der Waals surface area contributed by atoms with Gasteiger partial charge in [0.15, 0.2) is 5.82 Å². The van der Waals surface area contributed by atoms with Gasteiger partial charge in [-0.05, 0) is 31.3 Å². The summed E-state index contributed by atoms with van der Waals surface area (Å²) in [5, 5.41) is 16.2. The number of hydrogen-bond acceptors (Lipinski definition) is 4. The molecule has 1 N–H and O–H groups in total. The summed E-state index contributed by atoms with van der Waals surface area (Å²) < 4.78 is 3.72. The molecule has 0 saturated heterocycles. The van der Waals surface area contributed by atoms with E-state index in [2.05, 4.69) is 20.4 Å². The predicted molar refractivity (Wildman–Crippen MR) is 93.1 cm³/mol. The molecule has 0 bridgehead atoms. The van der Waals surface area contributed by atoms with Gasteiger partial charge >= 0.3 is 0 Å². The number of rotatable bonds is 4. The molecule has 0 radical (unpaired) electrons. The highest BCUT2D eigenvalue weighted by molar-refractivity contribution is 7.71. The van der Waals surface area contributed by atoms with E-state index in [1.54, 1.807) is 15.6 Å². The number of nitrogens with one attached hydrogen (secondary N) is 1. The monoisotopic (exact) mass is 346 g/mol. The minimum atomic E-state index is 0.447. The molecule has 3 rings (SSSR count). The third-order valence-electron chi connectivity index (χ3n) is 3.38. The van der Waals surface area contributed by atoms with Gasteiger partial charge in [0.25, 0.3) is 0 Å². The second-order valence-corrected chi connectivity index (χ2v) is 5.64. The molecule has 8 heteroatoms. The van der Waals surface area contributed by atoms with Crippen LogP contribution in [0.15, 0.2) is 35.4 Å². The van der Waals surface area contributed by atoms with E-state index >= 15 is 0 Å². The molecule has 6 nitrogen and oxygen atoms in total. The smallest absolute Gasteiger partial charge is 0.216 e. The summed E-state index contributed by atoms with van der Waals surface area (Å²) in [6, 6.07) is 9.72. The molecule has 0 atom stereocenters. The molecule has 0 unspecified atom stereocenters. The predicted octanol–water partition coefficient (Wildman–Crippen LogP) is 3.53. The van der Waals surface area contributed by atoms with E-state index in [4.69, 9.17) is 23.8 Å². The highest BCUT2D eigenvalue weighted by atomic mass is 35.5. The van der Waals surface area contributed by atoms with Crippen LogP contribution in [0.3, 0.4) is 0 Å². The van der Waals surface area contributed by atoms with Crippen molar-refractivity contribution in [2.24, 2.45) is 5.10 Å². The summed E-state index contributed by atoms with van der Waals surface area (Å²) in [7, 11) is 0. The van der Waals surface area contributed by atoms with Crippen LogP contribution in [-0.2, 0) is 6.42 Å². The van der Waals surface area contributed by atoms with Crippen LogP contribution in [0, 0.1) is 11.7 Å². The van der Waals surface area contributed by atoms with E-state index in [0.717, 1.165) is 29.2 Å². The van der Waals surface area contributed by atoms with Crippen LogP contribution >= 0.6 is 23.8 Å². The first kappa shape index (κ1) is 15.6. The van der Waals surface area contributed by atoms with Gasteiger partial charge in [0, 0.05) is 6.42 Å². The first-order chi connectivity index (χ1) is 11.1. The fourth-order valence-electron chi connectivity index (χ4n) is 2.19. The van der Waals surface area contributed by atoms with Gasteiger partial charge in [0.2, 0.25) is 4.77 Å². The molecule has 0 saturated carbocycles. The summed E-state index contributed by atoms with van der Waals surface area (Å²) in [6.45, 7) is 3.88. The number of hydrogen-bond donors (Lipinski definition) is 1. The Hall–Kier alpha value is -2.25. The Bertz CT molecular complexity index is 906. The van der Waals surface area contributed by atoms with Gasteiger partial charge in [0.05, 0.1) is 23.2 Å². The number of aryl methyl sites for hydroxylation is 2. The summed E-state index contributed by atoms with van der Waals surface area (Å²) in [6.07, 6.45) is 2.38. The second-order valence-electron chi connectivity index (χ2n) is 4.89. The Morgan fingerprint density at radius 2 is 2.09 bits per heavy atom. The highest BCUT2D eigenvalue weighted by Gasteiger charge is 2.13. The van der Waals surface area contributed by atoms with Gasteiger partial charge < -0.3 is 0 Å². The van der Waals surface area contributed by atoms with Crippen LogP contribution < -0.4 is 0 Å². The molecule has 0 spiro atoms. The van der Waals surface area contributed by atoms with Crippen molar-refractivity contribution in [1.82, 2.24) is 24.7 Å². The normalized spacial score (nSPS) is 11.4. The van der Waals surface area contributed by atoms with Crippen molar-refractivity contribution in [1.29, 1.82) is 0 Å². The Kier molecular flexibility index (Phi) is 4.40. The summed E-state index contributed by atoms with van der Waals surface area (Å²) >= 11 is 11.6. The van der Waals surface area contributed by atoms with Crippen LogP contribution in [0.4, 0.5) is 0 Å². The minimum absolute atomic E-state index is 0.447. The standard InChI is InChI=1S/C15H15ClN6S/c1-3-13-18-19-15(23)22(13)17-9-12-10(2)20-21(14(12)16)11-7-5-4-6-8-11/h4-9H,3H2,1-2H3,(H,19,23)/b17-9-. The van der Waals surface area contributed by atoms with Crippen molar-refractivity contribution in [3.8, 4) is 5.69 Å². The summed E-state index contributed by atoms with van der Waals surface area (Å²) in [5.74, 6) is 0.760. The SMILES string of the molecule is CCc1n[nH]c(=S)n1/N=C\c1c(C)nn(-c2ccccc2)c1Cl. The summed E-state index contributed by atoms with van der Waals surface area (Å²) in [4.78, 5) is 0. The molecular weight excluding hydrogens is 332 g/mol. The Labute approximate surface area is 143 Å². The molecule has 0 fully saturated rings. The number of H-pyrrole nitrogens is 1. The number of aromatic amines is 1. The fourth-order valence-corrected chi connectivity index (χ4v) is 2.70. The number of benzene rings is 1. The Morgan fingerprint density at radius 3 is 2.78 bits per heavy atom. The van der Waals surface area contributed by atoms with Crippen LogP contribution in [0.5, 0.6) is 0 Å². The molecule has 0 aliphatic heterocycles. The quantitative estimate of drug-likeness (QED) is 0.580. The molecule has 2 heterocycles. The number of para-hydroxylation sites is 1. The van der Waals surface area contributed by atoms with Crippen LogP contribution in [-0.4, -0.2) is 30.9 Å². The molecule has 118 valence electrons. The lowest BCUT2D eigenvalue weighted by Crippen LogP contribution is -1.98. The van der Waals surface area contributed by atoms with Crippen molar-refractivity contribution in [2.75, 3.05) is 0 Å². The lowest BCUT2D eigenvalue weighted by Gasteiger charge is -2.02. The van der Waals surface area contributed by atoms with Crippen molar-refractivity contribution >= 4 is 30.0 Å². The van der Waals surface area contributed by atoms with Gasteiger partial charge in [-0.1, -0.05) is 36.7 Å². The first-order valence-electron chi connectivity index (χ1n) is 7.13. The van der Waals surface area contributed by atoms with E-state index in [-0.39, 0.29) is 0 Å². The maximum atomic E-state index is 6.47. The minimum Gasteiger partial charge on any atom is -0.250 e. The zero-order chi connectivity index (χ0) is 16.4. The second kappa shape index (κ2) is 6.47. The number of aromatic nitrogens is 5. The van der Waals surface area contributed by atoms with Crippen molar-refractivity contribution in [2.45, 2.75) is 20.3 Å². The van der Waals surface area contributed by atoms with E-state index < -0.39 is 0 Å². The number of nitrogens with zero attached hydrogens (tertiary/aromatic N) is 5. The molecule has 0 aliphatic rings. The average molecular weight is 347 g/mol. The van der Waals surface area contributed by atoms with Gasteiger partial charge in [-0.15, -0.1) is 0 Å². The molecule has 23 heavy (non-hydrogen) atoms. The molecule has 2 aromatic heterocycles. The fraction of sp³-hybridized carbons (Fsp3) is 0.200. The third-order valence-corrected chi connectivity index (χ3v) is 4.01. The molecule has 1 aromatic carbocycles. The summed E-state index contributed by atoms with van der Waals surface area (Å²) in [5.41, 5.74) is 2.44. The lowest BCUT2D eigenvalue weighted by molar-refractivity contribution is 0.780. The van der Waals surface area contributed by atoms with Crippen molar-refractivity contribution in [3.63, 3.8) is 0 Å². The molecule has 3 aromatic rings. The first-order valence-corrected chi connectivity index (χ1v) is 7.91. The van der Waals surface area contributed by atoms with Gasteiger partial charge in [-0.3, -0.25) is 5.10 Å². The van der Waals surface area contributed by atoms with E-state index in [0.29, 0.717) is 9.92 Å². The maximum absolute atomic E-state index is 6.47. The van der Waals surface area contributed by atoms with Crippen LogP contribution in [0.1, 0.15) is 24.0 Å². The van der Waals surface area contributed by atoms with Gasteiger partial charge in [-0.25, -0.2) is 4.68 Å². The van der Waals surface area contributed by atoms with E-state index in [1.165, 1.54) is 0 Å². The van der Waals surface area contributed by atoms with Crippen LogP contribution in [0.25, 0.3) is 5.69 Å². The maximum Gasteiger partial charge on any atom is 0.216 e. The molecular formula is C15H15ClN6S. The molecule has 0 amide bonds. The topological polar surface area (TPSA) is 63.8 Å². The largest absolute Gasteiger partial charge is 0.250 e. The zero-order valence-corrected chi connectivity index (χ0v) is 14.3. The third kappa shape index (κ3) is 2.97.